The fourth-order valence-electron chi connectivity index (χ4n) is 0.478. The Balaban J connectivity index is 0. The van der Waals surface area contributed by atoms with Crippen LogP contribution in [0.2, 0.25) is 0 Å². The molecule has 2 nitrogen and oxygen atoms in total. The molecule has 0 fully saturated rings. The molecule has 0 aromatic heterocycles. The van der Waals surface area contributed by atoms with Gasteiger partial charge in [0, 0.05) is 13.6 Å². The van der Waals surface area contributed by atoms with Gasteiger partial charge in [0.1, 0.15) is 0 Å². The second kappa shape index (κ2) is 7.42. The molecule has 0 unspecified atom stereocenters. The van der Waals surface area contributed by atoms with E-state index in [1.54, 1.807) is 7.05 Å². The molecule has 0 aliphatic rings. The minimum Gasteiger partial charge on any atom is -0.376 e. The van der Waals surface area contributed by atoms with Crippen molar-refractivity contribution in [2.75, 3.05) is 13.6 Å². The van der Waals surface area contributed by atoms with Crippen molar-refractivity contribution < 1.29 is 8.78 Å². The van der Waals surface area contributed by atoms with E-state index in [0.29, 0.717) is 6.54 Å². The average Bonchev–Trinajstić information content (AvgIpc) is 1.86. The van der Waals surface area contributed by atoms with E-state index in [4.69, 9.17) is 5.73 Å². The van der Waals surface area contributed by atoms with Crippen LogP contribution in [0, 0.1) is 0 Å². The standard InChI is InChI=1S/C6H10F2N2S.BrH/c1-10(6(9)11)4-2-3-5(7)8;/h3H,2,4H2,1H3,(H2,9,11);1H. The molecular formula is C6H11BrF2N2S. The first-order valence-electron chi connectivity index (χ1n) is 3.05. The van der Waals surface area contributed by atoms with E-state index in [9.17, 15) is 8.78 Å². The maximum absolute atomic E-state index is 11.5. The molecule has 0 amide bonds. The second-order valence-corrected chi connectivity index (χ2v) is 2.46. The van der Waals surface area contributed by atoms with Gasteiger partial charge < -0.3 is 10.6 Å². The summed E-state index contributed by atoms with van der Waals surface area (Å²) in [5.41, 5.74) is 5.20. The van der Waals surface area contributed by atoms with Gasteiger partial charge in [-0.1, -0.05) is 0 Å². The van der Waals surface area contributed by atoms with Gasteiger partial charge in [-0.25, -0.2) is 0 Å². The molecule has 0 saturated carbocycles. The van der Waals surface area contributed by atoms with Crippen molar-refractivity contribution >= 4 is 34.3 Å². The third kappa shape index (κ3) is 7.87. The van der Waals surface area contributed by atoms with E-state index in [1.807, 2.05) is 0 Å². The molecule has 0 rings (SSSR count). The summed E-state index contributed by atoms with van der Waals surface area (Å²) in [6, 6.07) is 0. The van der Waals surface area contributed by atoms with Gasteiger partial charge in [-0.3, -0.25) is 0 Å². The predicted octanol–water partition coefficient (Wildman–Crippen LogP) is 1.91. The SMILES string of the molecule is Br.CN(CCC=C(F)F)C(N)=S. The molecule has 0 aromatic carbocycles. The molecule has 0 atom stereocenters. The normalized spacial score (nSPS) is 8.25. The highest BCUT2D eigenvalue weighted by atomic mass is 79.9. The number of thiocarbonyl (C=S) groups is 1. The van der Waals surface area contributed by atoms with Crippen LogP contribution in [0.1, 0.15) is 6.42 Å². The van der Waals surface area contributed by atoms with Crippen molar-refractivity contribution in [1.29, 1.82) is 0 Å². The van der Waals surface area contributed by atoms with Crippen molar-refractivity contribution in [2.45, 2.75) is 6.42 Å². The molecule has 0 aromatic rings. The van der Waals surface area contributed by atoms with Crippen molar-refractivity contribution in [3.8, 4) is 0 Å². The molecule has 0 saturated heterocycles. The molecule has 2 N–H and O–H groups in total. The minimum absolute atomic E-state index is 0. The number of hydrogen-bond acceptors (Lipinski definition) is 1. The molecule has 6 heteroatoms. The molecule has 0 aliphatic heterocycles. The third-order valence-corrected chi connectivity index (χ3v) is 1.45. The molecule has 0 bridgehead atoms. The molecule has 12 heavy (non-hydrogen) atoms. The molecule has 0 heterocycles. The summed E-state index contributed by atoms with van der Waals surface area (Å²) in [6.45, 7) is 0.423. The van der Waals surface area contributed by atoms with Crippen LogP contribution in [-0.4, -0.2) is 23.6 Å². The summed E-state index contributed by atoms with van der Waals surface area (Å²) in [7, 11) is 1.66. The van der Waals surface area contributed by atoms with Gasteiger partial charge in [-0.15, -0.1) is 17.0 Å². The van der Waals surface area contributed by atoms with Gasteiger partial charge in [0.15, 0.2) is 5.11 Å². The smallest absolute Gasteiger partial charge is 0.266 e. The number of rotatable bonds is 3. The third-order valence-electron chi connectivity index (χ3n) is 1.14. The zero-order chi connectivity index (χ0) is 8.85. The first-order chi connectivity index (χ1) is 5.04. The summed E-state index contributed by atoms with van der Waals surface area (Å²) in [6.07, 6.45) is -0.563. The molecule has 0 radical (unpaired) electrons. The zero-order valence-corrected chi connectivity index (χ0v) is 9.12. The van der Waals surface area contributed by atoms with E-state index in [2.05, 4.69) is 12.2 Å². The first kappa shape index (κ1) is 14.3. The Labute approximate surface area is 86.2 Å². The van der Waals surface area contributed by atoms with Crippen LogP contribution in [0.25, 0.3) is 0 Å². The maximum Gasteiger partial charge on any atom is 0.266 e. The monoisotopic (exact) mass is 260 g/mol. The quantitative estimate of drug-likeness (QED) is 0.787. The Morgan fingerprint density at radius 3 is 2.42 bits per heavy atom. The number of nitrogens with two attached hydrogens (primary N) is 1. The Kier molecular flexibility index (Phi) is 8.84. The van der Waals surface area contributed by atoms with Gasteiger partial charge in [-0.2, -0.15) is 8.78 Å². The molecule has 0 aliphatic carbocycles. The first-order valence-corrected chi connectivity index (χ1v) is 3.46. The van der Waals surface area contributed by atoms with E-state index in [-0.39, 0.29) is 28.5 Å². The fourth-order valence-corrected chi connectivity index (χ4v) is 0.569. The van der Waals surface area contributed by atoms with Gasteiger partial charge in [0.25, 0.3) is 6.08 Å². The highest BCUT2D eigenvalue weighted by molar-refractivity contribution is 8.93. The lowest BCUT2D eigenvalue weighted by molar-refractivity contribution is 0.413. The van der Waals surface area contributed by atoms with E-state index in [0.717, 1.165) is 6.08 Å². The molecular weight excluding hydrogens is 250 g/mol. The lowest BCUT2D eigenvalue weighted by Crippen LogP contribution is -2.32. The lowest BCUT2D eigenvalue weighted by Gasteiger charge is -2.14. The second-order valence-electron chi connectivity index (χ2n) is 2.04. The summed E-state index contributed by atoms with van der Waals surface area (Å²) in [4.78, 5) is 1.54. The predicted molar refractivity (Wildman–Crippen MR) is 54.7 cm³/mol. The Morgan fingerprint density at radius 1 is 1.58 bits per heavy atom. The van der Waals surface area contributed by atoms with Gasteiger partial charge in [0.05, 0.1) is 0 Å². The number of halogens is 3. The molecule has 0 spiro atoms. The summed E-state index contributed by atoms with van der Waals surface area (Å²) < 4.78 is 22.9. The topological polar surface area (TPSA) is 29.3 Å². The van der Waals surface area contributed by atoms with Crippen LogP contribution in [0.15, 0.2) is 12.2 Å². The Hall–Kier alpha value is -0.230. The number of nitrogens with zero attached hydrogens (tertiary/aromatic N) is 1. The Morgan fingerprint density at radius 2 is 2.08 bits per heavy atom. The van der Waals surface area contributed by atoms with Crippen LogP contribution in [0.3, 0.4) is 0 Å². The van der Waals surface area contributed by atoms with E-state index < -0.39 is 6.08 Å². The van der Waals surface area contributed by atoms with Crippen molar-refractivity contribution in [2.24, 2.45) is 5.73 Å². The molecule has 72 valence electrons. The summed E-state index contributed by atoms with van der Waals surface area (Å²) >= 11 is 4.59. The van der Waals surface area contributed by atoms with E-state index >= 15 is 0 Å². The van der Waals surface area contributed by atoms with Crippen LogP contribution >= 0.6 is 29.2 Å². The average molecular weight is 261 g/mol. The van der Waals surface area contributed by atoms with Crippen LogP contribution in [0.4, 0.5) is 8.78 Å². The zero-order valence-electron chi connectivity index (χ0n) is 6.59. The van der Waals surface area contributed by atoms with Crippen molar-refractivity contribution in [3.63, 3.8) is 0 Å². The maximum atomic E-state index is 11.5. The van der Waals surface area contributed by atoms with Gasteiger partial charge >= 0.3 is 0 Å². The summed E-state index contributed by atoms with van der Waals surface area (Å²) in [5.74, 6) is 0. The van der Waals surface area contributed by atoms with Crippen molar-refractivity contribution in [1.82, 2.24) is 4.90 Å². The summed E-state index contributed by atoms with van der Waals surface area (Å²) in [5, 5.41) is 0.220. The van der Waals surface area contributed by atoms with Crippen molar-refractivity contribution in [3.05, 3.63) is 12.2 Å². The van der Waals surface area contributed by atoms with Gasteiger partial charge in [0.2, 0.25) is 0 Å². The van der Waals surface area contributed by atoms with Crippen LogP contribution in [-0.2, 0) is 0 Å². The lowest BCUT2D eigenvalue weighted by atomic mass is 10.4. The Bertz CT molecular complexity index is 171. The van der Waals surface area contributed by atoms with Crippen LogP contribution in [0.5, 0.6) is 0 Å². The van der Waals surface area contributed by atoms with E-state index in [1.165, 1.54) is 4.90 Å². The largest absolute Gasteiger partial charge is 0.376 e. The fraction of sp³-hybridized carbons (Fsp3) is 0.500. The minimum atomic E-state index is -1.67. The van der Waals surface area contributed by atoms with Crippen LogP contribution < -0.4 is 5.73 Å². The van der Waals surface area contributed by atoms with Gasteiger partial charge in [-0.05, 0) is 24.7 Å². The highest BCUT2D eigenvalue weighted by Gasteiger charge is 1.97. The number of hydrogen-bond donors (Lipinski definition) is 1. The highest BCUT2D eigenvalue weighted by Crippen LogP contribution is 1.99.